The molecule has 0 aliphatic rings. The number of esters is 1. The standard InChI is InChI=1S/C24H27N3O4S/c1-4-29-22-12-18(9-10-21(22)31-15-19-8-6-7-17(3)11-19)14-25-27-24-26-20(16-32-24)13-23(28)30-5-2/h6-12,14,16H,4-5,13,15H2,1-3H3,(H,26,27). The summed E-state index contributed by atoms with van der Waals surface area (Å²) < 4.78 is 16.7. The molecular weight excluding hydrogens is 426 g/mol. The van der Waals surface area contributed by atoms with E-state index in [2.05, 4.69) is 34.6 Å². The van der Waals surface area contributed by atoms with Gasteiger partial charge in [-0.3, -0.25) is 10.2 Å². The van der Waals surface area contributed by atoms with Crippen LogP contribution in [0.15, 0.2) is 52.9 Å². The lowest BCUT2D eigenvalue weighted by molar-refractivity contribution is -0.142. The first kappa shape index (κ1) is 23.3. The maximum atomic E-state index is 11.5. The fraction of sp³-hybridized carbons (Fsp3) is 0.292. The quantitative estimate of drug-likeness (QED) is 0.250. The first-order valence-electron chi connectivity index (χ1n) is 10.4. The maximum Gasteiger partial charge on any atom is 0.311 e. The number of thiazole rings is 1. The van der Waals surface area contributed by atoms with Crippen molar-refractivity contribution in [2.24, 2.45) is 5.10 Å². The van der Waals surface area contributed by atoms with E-state index in [4.69, 9.17) is 14.2 Å². The Kier molecular flexibility index (Phi) is 8.62. The van der Waals surface area contributed by atoms with E-state index >= 15 is 0 Å². The predicted molar refractivity (Wildman–Crippen MR) is 127 cm³/mol. The molecule has 0 amide bonds. The van der Waals surface area contributed by atoms with E-state index in [0.717, 1.165) is 11.1 Å². The Balaban J connectivity index is 1.60. The average molecular weight is 454 g/mol. The molecule has 0 fully saturated rings. The van der Waals surface area contributed by atoms with E-state index in [9.17, 15) is 4.79 Å². The Morgan fingerprint density at radius 2 is 2.00 bits per heavy atom. The van der Waals surface area contributed by atoms with Gasteiger partial charge >= 0.3 is 5.97 Å². The molecule has 7 nitrogen and oxygen atoms in total. The number of ether oxygens (including phenoxy) is 3. The van der Waals surface area contributed by atoms with Gasteiger partial charge in [0.05, 0.1) is 31.5 Å². The topological polar surface area (TPSA) is 82.0 Å². The minimum atomic E-state index is -0.291. The molecule has 2 aromatic carbocycles. The van der Waals surface area contributed by atoms with Crippen molar-refractivity contribution in [2.45, 2.75) is 33.8 Å². The van der Waals surface area contributed by atoms with Crippen LogP contribution >= 0.6 is 11.3 Å². The number of aryl methyl sites for hydroxylation is 1. The summed E-state index contributed by atoms with van der Waals surface area (Å²) in [5, 5.41) is 6.64. The molecule has 0 bridgehead atoms. The number of hydrazone groups is 1. The van der Waals surface area contributed by atoms with Crippen molar-refractivity contribution in [3.8, 4) is 11.5 Å². The average Bonchev–Trinajstić information content (AvgIpc) is 3.20. The van der Waals surface area contributed by atoms with Gasteiger partial charge in [0.15, 0.2) is 11.5 Å². The van der Waals surface area contributed by atoms with Crippen molar-refractivity contribution in [1.82, 2.24) is 4.98 Å². The Bertz CT molecular complexity index is 1060. The molecule has 0 aliphatic carbocycles. The van der Waals surface area contributed by atoms with Gasteiger partial charge in [-0.05, 0) is 50.1 Å². The highest BCUT2D eigenvalue weighted by atomic mass is 32.1. The third-order valence-corrected chi connectivity index (χ3v) is 5.10. The lowest BCUT2D eigenvalue weighted by atomic mass is 10.1. The zero-order valence-electron chi connectivity index (χ0n) is 18.5. The van der Waals surface area contributed by atoms with Gasteiger partial charge in [-0.2, -0.15) is 5.10 Å². The molecule has 3 rings (SSSR count). The van der Waals surface area contributed by atoms with Gasteiger partial charge in [0.25, 0.3) is 0 Å². The van der Waals surface area contributed by atoms with Crippen molar-refractivity contribution in [3.05, 3.63) is 70.2 Å². The molecule has 1 N–H and O–H groups in total. The maximum absolute atomic E-state index is 11.5. The number of carbonyl (C=O) groups excluding carboxylic acids is 1. The van der Waals surface area contributed by atoms with Gasteiger partial charge in [0.1, 0.15) is 6.61 Å². The largest absolute Gasteiger partial charge is 0.490 e. The Morgan fingerprint density at radius 3 is 2.78 bits per heavy atom. The number of carbonyl (C=O) groups is 1. The van der Waals surface area contributed by atoms with Crippen molar-refractivity contribution in [1.29, 1.82) is 0 Å². The third-order valence-electron chi connectivity index (χ3n) is 4.30. The van der Waals surface area contributed by atoms with Crippen LogP contribution in [0.3, 0.4) is 0 Å². The predicted octanol–water partition coefficient (Wildman–Crippen LogP) is 4.98. The lowest BCUT2D eigenvalue weighted by Crippen LogP contribution is -2.07. The van der Waals surface area contributed by atoms with Gasteiger partial charge < -0.3 is 14.2 Å². The summed E-state index contributed by atoms with van der Waals surface area (Å²) in [4.78, 5) is 15.9. The number of nitrogens with one attached hydrogen (secondary N) is 1. The molecule has 32 heavy (non-hydrogen) atoms. The normalized spacial score (nSPS) is 10.8. The van der Waals surface area contributed by atoms with Crippen molar-refractivity contribution >= 4 is 28.7 Å². The van der Waals surface area contributed by atoms with Gasteiger partial charge in [0, 0.05) is 5.38 Å². The van der Waals surface area contributed by atoms with Crippen LogP contribution in [0, 0.1) is 6.92 Å². The van der Waals surface area contributed by atoms with Gasteiger partial charge in [-0.15, -0.1) is 11.3 Å². The van der Waals surface area contributed by atoms with Crippen LogP contribution in [0.5, 0.6) is 11.5 Å². The summed E-state index contributed by atoms with van der Waals surface area (Å²) in [7, 11) is 0. The van der Waals surface area contributed by atoms with Crippen LogP contribution in [-0.4, -0.2) is 30.4 Å². The number of hydrogen-bond acceptors (Lipinski definition) is 8. The van der Waals surface area contributed by atoms with Crippen LogP contribution in [0.1, 0.15) is 36.2 Å². The zero-order valence-corrected chi connectivity index (χ0v) is 19.3. The molecule has 168 valence electrons. The molecule has 1 heterocycles. The van der Waals surface area contributed by atoms with Gasteiger partial charge in [-0.1, -0.05) is 29.8 Å². The molecule has 0 saturated carbocycles. The van der Waals surface area contributed by atoms with Crippen LogP contribution in [0.2, 0.25) is 0 Å². The molecule has 1 aromatic heterocycles. The summed E-state index contributed by atoms with van der Waals surface area (Å²) in [6.45, 7) is 7.13. The fourth-order valence-electron chi connectivity index (χ4n) is 2.92. The second kappa shape index (κ2) is 11.9. The Hall–Kier alpha value is -3.39. The van der Waals surface area contributed by atoms with E-state index in [1.54, 1.807) is 13.1 Å². The Labute approximate surface area is 192 Å². The first-order valence-corrected chi connectivity index (χ1v) is 11.3. The van der Waals surface area contributed by atoms with E-state index in [0.29, 0.717) is 42.1 Å². The van der Waals surface area contributed by atoms with Crippen LogP contribution in [-0.2, 0) is 22.6 Å². The summed E-state index contributed by atoms with van der Waals surface area (Å²) in [5.41, 5.74) is 6.70. The fourth-order valence-corrected chi connectivity index (χ4v) is 3.58. The van der Waals surface area contributed by atoms with Gasteiger partial charge in [-0.25, -0.2) is 4.98 Å². The molecule has 0 atom stereocenters. The molecule has 8 heteroatoms. The molecule has 0 aliphatic heterocycles. The van der Waals surface area contributed by atoms with Gasteiger partial charge in [0.2, 0.25) is 5.13 Å². The monoisotopic (exact) mass is 453 g/mol. The third kappa shape index (κ3) is 7.09. The number of anilines is 1. The number of benzene rings is 2. The smallest absolute Gasteiger partial charge is 0.311 e. The summed E-state index contributed by atoms with van der Waals surface area (Å²) >= 11 is 1.38. The zero-order chi connectivity index (χ0) is 22.8. The van der Waals surface area contributed by atoms with E-state index in [-0.39, 0.29) is 12.4 Å². The number of hydrogen-bond donors (Lipinski definition) is 1. The molecule has 0 radical (unpaired) electrons. The molecular formula is C24H27N3O4S. The van der Waals surface area contributed by atoms with E-state index in [1.807, 2.05) is 42.6 Å². The van der Waals surface area contributed by atoms with E-state index in [1.165, 1.54) is 16.9 Å². The summed E-state index contributed by atoms with van der Waals surface area (Å²) in [6.07, 6.45) is 1.83. The highest BCUT2D eigenvalue weighted by molar-refractivity contribution is 7.13. The van der Waals surface area contributed by atoms with Crippen molar-refractivity contribution in [3.63, 3.8) is 0 Å². The number of nitrogens with zero attached hydrogens (tertiary/aromatic N) is 2. The Morgan fingerprint density at radius 1 is 1.12 bits per heavy atom. The lowest BCUT2D eigenvalue weighted by Gasteiger charge is -2.13. The minimum Gasteiger partial charge on any atom is -0.490 e. The summed E-state index contributed by atoms with van der Waals surface area (Å²) in [5.74, 6) is 1.05. The minimum absolute atomic E-state index is 0.150. The molecule has 3 aromatic rings. The second-order valence-electron chi connectivity index (χ2n) is 6.91. The van der Waals surface area contributed by atoms with Crippen molar-refractivity contribution in [2.75, 3.05) is 18.6 Å². The molecule has 0 unspecified atom stereocenters. The van der Waals surface area contributed by atoms with Crippen LogP contribution in [0.25, 0.3) is 0 Å². The number of aromatic nitrogens is 1. The molecule has 0 saturated heterocycles. The van der Waals surface area contributed by atoms with Crippen LogP contribution < -0.4 is 14.9 Å². The van der Waals surface area contributed by atoms with Crippen LogP contribution in [0.4, 0.5) is 5.13 Å². The second-order valence-corrected chi connectivity index (χ2v) is 7.77. The van der Waals surface area contributed by atoms with Crippen molar-refractivity contribution < 1.29 is 19.0 Å². The first-order chi connectivity index (χ1) is 15.6. The number of rotatable bonds is 11. The summed E-state index contributed by atoms with van der Waals surface area (Å²) in [6, 6.07) is 13.9. The highest BCUT2D eigenvalue weighted by Crippen LogP contribution is 2.29. The SMILES string of the molecule is CCOC(=O)Cc1csc(NN=Cc2ccc(OCc3cccc(C)c3)c(OCC)c2)n1. The molecule has 0 spiro atoms. The van der Waals surface area contributed by atoms with E-state index < -0.39 is 0 Å². The highest BCUT2D eigenvalue weighted by Gasteiger charge is 2.09.